The van der Waals surface area contributed by atoms with Gasteiger partial charge in [0.25, 0.3) is 0 Å². The fraction of sp³-hybridized carbons (Fsp3) is 0.625. The van der Waals surface area contributed by atoms with E-state index in [2.05, 4.69) is 22.3 Å². The molecule has 2 nitrogen and oxygen atoms in total. The van der Waals surface area contributed by atoms with Crippen molar-refractivity contribution in [2.75, 3.05) is 31.6 Å². The van der Waals surface area contributed by atoms with Crippen LogP contribution in [0.25, 0.3) is 0 Å². The van der Waals surface area contributed by atoms with Gasteiger partial charge in [0.15, 0.2) is 0 Å². The zero-order chi connectivity index (χ0) is 12.4. The van der Waals surface area contributed by atoms with Crippen LogP contribution in [0.5, 0.6) is 0 Å². The Bertz CT molecular complexity index is 394. The number of nitrogens with one attached hydrogen (secondary N) is 1. The molecule has 0 fully saturated rings. The lowest BCUT2D eigenvalue weighted by Gasteiger charge is -2.37. The minimum Gasteiger partial charge on any atom is -0.371 e. The van der Waals surface area contributed by atoms with Gasteiger partial charge < -0.3 is 10.2 Å². The molecule has 18 heavy (non-hydrogen) atoms. The first kappa shape index (κ1) is 12.0. The predicted molar refractivity (Wildman–Crippen MR) is 77.5 cm³/mol. The van der Waals surface area contributed by atoms with E-state index in [-0.39, 0.29) is 0 Å². The summed E-state index contributed by atoms with van der Waals surface area (Å²) in [6.45, 7) is 3.68. The van der Waals surface area contributed by atoms with Crippen molar-refractivity contribution < 1.29 is 0 Å². The minimum atomic E-state index is 1.12. The molecular weight excluding hydrogens is 220 g/mol. The molecule has 0 atom stereocenters. The first-order valence-corrected chi connectivity index (χ1v) is 7.42. The van der Waals surface area contributed by atoms with Crippen LogP contribution in [0, 0.1) is 0 Å². The van der Waals surface area contributed by atoms with Gasteiger partial charge >= 0.3 is 0 Å². The highest BCUT2D eigenvalue weighted by Crippen LogP contribution is 2.36. The molecule has 98 valence electrons. The SMILES string of the molecule is CNCCCc1cc2c3c(c1)CCCN3CCC2. The summed E-state index contributed by atoms with van der Waals surface area (Å²) in [4.78, 5) is 2.62. The Kier molecular flexibility index (Phi) is 3.55. The summed E-state index contributed by atoms with van der Waals surface area (Å²) >= 11 is 0. The molecule has 0 radical (unpaired) electrons. The predicted octanol–water partition coefficient (Wildman–Crippen LogP) is 2.54. The van der Waals surface area contributed by atoms with E-state index in [4.69, 9.17) is 0 Å². The Morgan fingerprint density at radius 1 is 1.11 bits per heavy atom. The summed E-state index contributed by atoms with van der Waals surface area (Å²) in [6.07, 6.45) is 7.73. The Morgan fingerprint density at radius 2 is 1.78 bits per heavy atom. The molecule has 0 saturated heterocycles. The minimum absolute atomic E-state index is 1.12. The van der Waals surface area contributed by atoms with E-state index in [1.165, 1.54) is 51.6 Å². The number of hydrogen-bond donors (Lipinski definition) is 1. The fourth-order valence-electron chi connectivity index (χ4n) is 3.49. The van der Waals surface area contributed by atoms with Crippen molar-refractivity contribution in [1.82, 2.24) is 5.32 Å². The van der Waals surface area contributed by atoms with Crippen LogP contribution in [0.2, 0.25) is 0 Å². The maximum Gasteiger partial charge on any atom is 0.0431 e. The Labute approximate surface area is 110 Å². The van der Waals surface area contributed by atoms with E-state index in [1.807, 2.05) is 7.05 Å². The molecule has 0 unspecified atom stereocenters. The third-order valence-electron chi connectivity index (χ3n) is 4.28. The van der Waals surface area contributed by atoms with E-state index in [9.17, 15) is 0 Å². The summed E-state index contributed by atoms with van der Waals surface area (Å²) in [7, 11) is 2.04. The van der Waals surface area contributed by atoms with Gasteiger partial charge in [0, 0.05) is 18.8 Å². The van der Waals surface area contributed by atoms with E-state index in [1.54, 1.807) is 22.4 Å². The molecule has 0 bridgehead atoms. The summed E-state index contributed by atoms with van der Waals surface area (Å²) in [6, 6.07) is 4.96. The monoisotopic (exact) mass is 244 g/mol. The zero-order valence-corrected chi connectivity index (χ0v) is 11.5. The Morgan fingerprint density at radius 3 is 2.39 bits per heavy atom. The van der Waals surface area contributed by atoms with Crippen molar-refractivity contribution in [3.05, 3.63) is 28.8 Å². The van der Waals surface area contributed by atoms with Gasteiger partial charge in [0.2, 0.25) is 0 Å². The third-order valence-corrected chi connectivity index (χ3v) is 4.28. The lowest BCUT2D eigenvalue weighted by molar-refractivity contribution is 0.631. The van der Waals surface area contributed by atoms with Gasteiger partial charge in [-0.15, -0.1) is 0 Å². The summed E-state index contributed by atoms with van der Waals surface area (Å²) in [5.41, 5.74) is 6.41. The van der Waals surface area contributed by atoms with Gasteiger partial charge in [-0.1, -0.05) is 12.1 Å². The van der Waals surface area contributed by atoms with Gasteiger partial charge in [-0.2, -0.15) is 0 Å². The maximum absolute atomic E-state index is 3.24. The second kappa shape index (κ2) is 5.31. The van der Waals surface area contributed by atoms with Crippen molar-refractivity contribution in [1.29, 1.82) is 0 Å². The number of aryl methyl sites for hydroxylation is 3. The van der Waals surface area contributed by atoms with Gasteiger partial charge in [0.1, 0.15) is 0 Å². The standard InChI is InChI=1S/C16H24N2/c1-17-8-2-5-13-11-14-6-3-9-18-10-4-7-15(12-13)16(14)18/h11-12,17H,2-10H2,1H3. The van der Waals surface area contributed by atoms with Crippen LogP contribution in [0.1, 0.15) is 36.0 Å². The molecule has 2 aliphatic rings. The van der Waals surface area contributed by atoms with Crippen LogP contribution >= 0.6 is 0 Å². The maximum atomic E-state index is 3.24. The van der Waals surface area contributed by atoms with E-state index in [0.29, 0.717) is 0 Å². The lowest BCUT2D eigenvalue weighted by atomic mass is 9.89. The van der Waals surface area contributed by atoms with Crippen molar-refractivity contribution in [2.45, 2.75) is 38.5 Å². The van der Waals surface area contributed by atoms with Crippen molar-refractivity contribution in [3.63, 3.8) is 0 Å². The number of rotatable bonds is 4. The highest BCUT2D eigenvalue weighted by molar-refractivity contribution is 5.64. The number of nitrogens with zero attached hydrogens (tertiary/aromatic N) is 1. The fourth-order valence-corrected chi connectivity index (χ4v) is 3.49. The lowest BCUT2D eigenvalue weighted by Crippen LogP contribution is -2.34. The molecule has 0 amide bonds. The number of benzene rings is 1. The second-order valence-corrected chi connectivity index (χ2v) is 5.66. The van der Waals surface area contributed by atoms with Crippen LogP contribution in [0.15, 0.2) is 12.1 Å². The first-order valence-electron chi connectivity index (χ1n) is 7.42. The van der Waals surface area contributed by atoms with Crippen LogP contribution in [0.3, 0.4) is 0 Å². The molecule has 0 aliphatic carbocycles. The van der Waals surface area contributed by atoms with Crippen LogP contribution in [-0.2, 0) is 19.3 Å². The molecule has 1 aromatic carbocycles. The van der Waals surface area contributed by atoms with Crippen LogP contribution in [0.4, 0.5) is 5.69 Å². The highest BCUT2D eigenvalue weighted by Gasteiger charge is 2.23. The van der Waals surface area contributed by atoms with E-state index in [0.717, 1.165) is 6.54 Å². The molecule has 2 aliphatic heterocycles. The smallest absolute Gasteiger partial charge is 0.0431 e. The Balaban J connectivity index is 1.86. The van der Waals surface area contributed by atoms with E-state index < -0.39 is 0 Å². The molecule has 2 heterocycles. The third kappa shape index (κ3) is 2.26. The molecule has 0 spiro atoms. The van der Waals surface area contributed by atoms with E-state index >= 15 is 0 Å². The average Bonchev–Trinajstić information content (AvgIpc) is 2.40. The van der Waals surface area contributed by atoms with Crippen LogP contribution in [-0.4, -0.2) is 26.7 Å². The second-order valence-electron chi connectivity index (χ2n) is 5.66. The summed E-state index contributed by atoms with van der Waals surface area (Å²) < 4.78 is 0. The number of hydrogen-bond acceptors (Lipinski definition) is 2. The molecule has 3 rings (SSSR count). The summed E-state index contributed by atoms with van der Waals surface area (Å²) in [5, 5.41) is 3.24. The van der Waals surface area contributed by atoms with Crippen molar-refractivity contribution in [3.8, 4) is 0 Å². The largest absolute Gasteiger partial charge is 0.371 e. The molecule has 2 heteroatoms. The molecule has 0 saturated carbocycles. The van der Waals surface area contributed by atoms with Gasteiger partial charge in [-0.05, 0) is 68.8 Å². The molecular formula is C16H24N2. The van der Waals surface area contributed by atoms with Gasteiger partial charge in [-0.25, -0.2) is 0 Å². The molecule has 1 aromatic rings. The average molecular weight is 244 g/mol. The van der Waals surface area contributed by atoms with Gasteiger partial charge in [-0.3, -0.25) is 0 Å². The number of anilines is 1. The topological polar surface area (TPSA) is 15.3 Å². The highest BCUT2D eigenvalue weighted by atomic mass is 15.1. The van der Waals surface area contributed by atoms with Gasteiger partial charge in [0.05, 0.1) is 0 Å². The zero-order valence-electron chi connectivity index (χ0n) is 11.5. The first-order chi connectivity index (χ1) is 8.88. The van der Waals surface area contributed by atoms with Crippen molar-refractivity contribution >= 4 is 5.69 Å². The Hall–Kier alpha value is -1.02. The quantitative estimate of drug-likeness (QED) is 0.819. The molecule has 1 N–H and O–H groups in total. The normalized spacial score (nSPS) is 17.7. The van der Waals surface area contributed by atoms with Crippen LogP contribution < -0.4 is 10.2 Å². The van der Waals surface area contributed by atoms with Crippen molar-refractivity contribution in [2.24, 2.45) is 0 Å². The summed E-state index contributed by atoms with van der Waals surface area (Å²) in [5.74, 6) is 0. The molecule has 0 aromatic heterocycles.